The highest BCUT2D eigenvalue weighted by Crippen LogP contribution is 2.26. The first-order valence-electron chi connectivity index (χ1n) is 11.5. The van der Waals surface area contributed by atoms with E-state index in [0.29, 0.717) is 6.54 Å². The van der Waals surface area contributed by atoms with Crippen LogP contribution in [0.4, 0.5) is 0 Å². The normalized spacial score (nSPS) is 15.0. The third-order valence-corrected chi connectivity index (χ3v) is 7.42. The molecule has 1 saturated heterocycles. The standard InChI is InChI=1S/C27H26Br2N4O/c28-21-10-8-19(9-11-21)17-30-27(34)20-12-14-32(15-13-20)18-26-31-24-6-1-2-7-25(24)33(26)23-5-3-4-22(29)16-23/h1-11,16,20H,12-15,17-18H2,(H,30,34). The van der Waals surface area contributed by atoms with Crippen molar-refractivity contribution in [2.45, 2.75) is 25.9 Å². The average molecular weight is 582 g/mol. The molecular weight excluding hydrogens is 556 g/mol. The van der Waals surface area contributed by atoms with Crippen LogP contribution in [0.15, 0.2) is 81.7 Å². The number of imidazole rings is 1. The van der Waals surface area contributed by atoms with E-state index in [1.807, 2.05) is 36.4 Å². The fourth-order valence-corrected chi connectivity index (χ4v) is 5.23. The van der Waals surface area contributed by atoms with Crippen molar-refractivity contribution in [3.8, 4) is 5.69 Å². The number of fused-ring (bicyclic) bond motifs is 1. The second kappa shape index (κ2) is 10.4. The van der Waals surface area contributed by atoms with E-state index in [9.17, 15) is 4.79 Å². The number of hydrogen-bond acceptors (Lipinski definition) is 3. The van der Waals surface area contributed by atoms with E-state index < -0.39 is 0 Å². The highest BCUT2D eigenvalue weighted by molar-refractivity contribution is 9.10. The van der Waals surface area contributed by atoms with Crippen molar-refractivity contribution < 1.29 is 4.79 Å². The summed E-state index contributed by atoms with van der Waals surface area (Å²) in [5.41, 5.74) is 4.32. The van der Waals surface area contributed by atoms with Crippen LogP contribution in [0.1, 0.15) is 24.2 Å². The van der Waals surface area contributed by atoms with Gasteiger partial charge in [-0.2, -0.15) is 0 Å². The fourth-order valence-electron chi connectivity index (χ4n) is 4.57. The van der Waals surface area contributed by atoms with Crippen LogP contribution in [-0.2, 0) is 17.9 Å². The number of hydrogen-bond donors (Lipinski definition) is 1. The molecule has 4 aromatic rings. The molecule has 0 spiro atoms. The maximum absolute atomic E-state index is 12.7. The Kier molecular flexibility index (Phi) is 7.13. The zero-order valence-electron chi connectivity index (χ0n) is 18.8. The number of aromatic nitrogens is 2. The Bertz CT molecular complexity index is 1290. The molecule has 0 atom stereocenters. The maximum atomic E-state index is 12.7. The molecular formula is C27H26Br2N4O. The molecule has 2 heterocycles. The number of carbonyl (C=O) groups is 1. The van der Waals surface area contributed by atoms with Gasteiger partial charge in [0, 0.05) is 27.1 Å². The van der Waals surface area contributed by atoms with Crippen LogP contribution in [0.3, 0.4) is 0 Å². The largest absolute Gasteiger partial charge is 0.352 e. The number of benzene rings is 3. The minimum atomic E-state index is 0.0654. The van der Waals surface area contributed by atoms with Gasteiger partial charge in [0.25, 0.3) is 0 Å². The molecule has 1 aromatic heterocycles. The Balaban J connectivity index is 1.24. The Morgan fingerprint density at radius 3 is 2.47 bits per heavy atom. The summed E-state index contributed by atoms with van der Waals surface area (Å²) in [6, 6.07) is 24.7. The second-order valence-electron chi connectivity index (χ2n) is 8.73. The lowest BCUT2D eigenvalue weighted by atomic mass is 9.96. The highest BCUT2D eigenvalue weighted by atomic mass is 79.9. The molecule has 0 unspecified atom stereocenters. The summed E-state index contributed by atoms with van der Waals surface area (Å²) >= 11 is 7.05. The number of amides is 1. The van der Waals surface area contributed by atoms with Gasteiger partial charge < -0.3 is 5.32 Å². The van der Waals surface area contributed by atoms with Crippen molar-refractivity contribution >= 4 is 48.8 Å². The first kappa shape index (κ1) is 23.3. The van der Waals surface area contributed by atoms with Gasteiger partial charge in [-0.15, -0.1) is 0 Å². The summed E-state index contributed by atoms with van der Waals surface area (Å²) in [5, 5.41) is 3.11. The van der Waals surface area contributed by atoms with Gasteiger partial charge in [0.15, 0.2) is 0 Å². The van der Waals surface area contributed by atoms with Gasteiger partial charge in [-0.3, -0.25) is 14.3 Å². The topological polar surface area (TPSA) is 50.2 Å². The van der Waals surface area contributed by atoms with Gasteiger partial charge in [0.2, 0.25) is 5.91 Å². The maximum Gasteiger partial charge on any atom is 0.223 e. The Morgan fingerprint density at radius 1 is 0.941 bits per heavy atom. The van der Waals surface area contributed by atoms with Crippen molar-refractivity contribution in [1.29, 1.82) is 0 Å². The molecule has 1 N–H and O–H groups in total. The SMILES string of the molecule is O=C(NCc1ccc(Br)cc1)C1CCN(Cc2nc3ccccc3n2-c2cccc(Br)c2)CC1. The number of likely N-dealkylation sites (tertiary alicyclic amines) is 1. The molecule has 1 aliphatic heterocycles. The number of piperidine rings is 1. The summed E-state index contributed by atoms with van der Waals surface area (Å²) in [4.78, 5) is 20.1. The summed E-state index contributed by atoms with van der Waals surface area (Å²) in [5.74, 6) is 1.25. The molecule has 1 amide bonds. The molecule has 5 rings (SSSR count). The van der Waals surface area contributed by atoms with Crippen LogP contribution in [-0.4, -0.2) is 33.4 Å². The molecule has 34 heavy (non-hydrogen) atoms. The van der Waals surface area contributed by atoms with Crippen molar-refractivity contribution in [1.82, 2.24) is 19.8 Å². The summed E-state index contributed by atoms with van der Waals surface area (Å²) in [7, 11) is 0. The van der Waals surface area contributed by atoms with Crippen molar-refractivity contribution in [2.24, 2.45) is 5.92 Å². The summed E-state index contributed by atoms with van der Waals surface area (Å²) in [6.07, 6.45) is 1.73. The molecule has 0 aliphatic carbocycles. The van der Waals surface area contributed by atoms with Gasteiger partial charge in [0.05, 0.1) is 17.6 Å². The van der Waals surface area contributed by atoms with Crippen molar-refractivity contribution in [3.63, 3.8) is 0 Å². The second-order valence-corrected chi connectivity index (χ2v) is 10.6. The molecule has 174 valence electrons. The minimum absolute atomic E-state index is 0.0654. The van der Waals surface area contributed by atoms with E-state index >= 15 is 0 Å². The fraction of sp³-hybridized carbons (Fsp3) is 0.259. The third-order valence-electron chi connectivity index (χ3n) is 6.40. The molecule has 5 nitrogen and oxygen atoms in total. The monoisotopic (exact) mass is 580 g/mol. The quantitative estimate of drug-likeness (QED) is 0.300. The summed E-state index contributed by atoms with van der Waals surface area (Å²) in [6.45, 7) is 3.10. The first-order valence-corrected chi connectivity index (χ1v) is 13.1. The number of carbonyl (C=O) groups excluding carboxylic acids is 1. The van der Waals surface area contributed by atoms with Gasteiger partial charge in [-0.05, 0) is 74.0 Å². The Labute approximate surface area is 216 Å². The van der Waals surface area contributed by atoms with Crippen LogP contribution in [0, 0.1) is 5.92 Å². The van der Waals surface area contributed by atoms with Gasteiger partial charge in [0.1, 0.15) is 5.82 Å². The van der Waals surface area contributed by atoms with Crippen molar-refractivity contribution in [2.75, 3.05) is 13.1 Å². The minimum Gasteiger partial charge on any atom is -0.352 e. The summed E-state index contributed by atoms with van der Waals surface area (Å²) < 4.78 is 4.34. The third kappa shape index (κ3) is 5.27. The van der Waals surface area contributed by atoms with Gasteiger partial charge in [-0.1, -0.05) is 62.2 Å². The molecule has 0 bridgehead atoms. The van der Waals surface area contributed by atoms with Crippen LogP contribution < -0.4 is 5.32 Å². The Morgan fingerprint density at radius 2 is 1.71 bits per heavy atom. The van der Waals surface area contributed by atoms with Crippen molar-refractivity contribution in [3.05, 3.63) is 93.1 Å². The van der Waals surface area contributed by atoms with Gasteiger partial charge in [-0.25, -0.2) is 4.98 Å². The molecule has 0 radical (unpaired) electrons. The predicted molar refractivity (Wildman–Crippen MR) is 143 cm³/mol. The van der Waals surface area contributed by atoms with E-state index in [2.05, 4.69) is 83.0 Å². The van der Waals surface area contributed by atoms with E-state index in [1.165, 1.54) is 0 Å². The molecule has 1 aliphatic rings. The number of rotatable bonds is 6. The zero-order valence-corrected chi connectivity index (χ0v) is 21.9. The van der Waals surface area contributed by atoms with E-state index in [4.69, 9.17) is 4.98 Å². The number of nitrogens with zero attached hydrogens (tertiary/aromatic N) is 3. The molecule has 7 heteroatoms. The smallest absolute Gasteiger partial charge is 0.223 e. The molecule has 3 aromatic carbocycles. The first-order chi connectivity index (χ1) is 16.6. The van der Waals surface area contributed by atoms with E-state index in [0.717, 1.165) is 69.5 Å². The zero-order chi connectivity index (χ0) is 23.5. The van der Waals surface area contributed by atoms with Crippen LogP contribution in [0.5, 0.6) is 0 Å². The lowest BCUT2D eigenvalue weighted by molar-refractivity contribution is -0.126. The van der Waals surface area contributed by atoms with E-state index in [1.54, 1.807) is 0 Å². The number of nitrogens with one attached hydrogen (secondary N) is 1. The van der Waals surface area contributed by atoms with Crippen LogP contribution in [0.2, 0.25) is 0 Å². The number of para-hydroxylation sites is 2. The number of halogens is 2. The lowest BCUT2D eigenvalue weighted by Gasteiger charge is -2.31. The Hall–Kier alpha value is -2.48. The lowest BCUT2D eigenvalue weighted by Crippen LogP contribution is -2.40. The van der Waals surface area contributed by atoms with Gasteiger partial charge >= 0.3 is 0 Å². The molecule has 1 fully saturated rings. The van der Waals surface area contributed by atoms with E-state index in [-0.39, 0.29) is 11.8 Å². The highest BCUT2D eigenvalue weighted by Gasteiger charge is 2.26. The molecule has 0 saturated carbocycles. The predicted octanol–water partition coefficient (Wildman–Crippen LogP) is 6.08. The van der Waals surface area contributed by atoms with Crippen LogP contribution in [0.25, 0.3) is 16.7 Å². The van der Waals surface area contributed by atoms with Crippen LogP contribution >= 0.6 is 31.9 Å². The average Bonchev–Trinajstić information content (AvgIpc) is 3.22.